The van der Waals surface area contributed by atoms with Gasteiger partial charge in [0.25, 0.3) is 5.91 Å². The van der Waals surface area contributed by atoms with E-state index in [-0.39, 0.29) is 30.4 Å². The highest BCUT2D eigenvalue weighted by molar-refractivity contribution is 9.10. The quantitative estimate of drug-likeness (QED) is 0.372. The topological polar surface area (TPSA) is 58.6 Å². The van der Waals surface area contributed by atoms with E-state index in [0.29, 0.717) is 17.3 Å². The lowest BCUT2D eigenvalue weighted by atomic mass is 9.87. The van der Waals surface area contributed by atoms with E-state index in [1.165, 1.54) is 4.90 Å². The number of unbranched alkanes of at least 4 members (excludes halogenated alkanes) is 1. The van der Waals surface area contributed by atoms with Crippen molar-refractivity contribution in [3.8, 4) is 5.75 Å². The second-order valence-electron chi connectivity index (χ2n) is 9.16. The number of nitrogens with zero attached hydrogens (tertiary/aromatic N) is 1. The van der Waals surface area contributed by atoms with E-state index in [1.807, 2.05) is 30.3 Å². The van der Waals surface area contributed by atoms with Crippen molar-refractivity contribution in [2.75, 3.05) is 13.2 Å². The summed E-state index contributed by atoms with van der Waals surface area (Å²) in [7, 11) is 0. The first-order chi connectivity index (χ1) is 15.5. The van der Waals surface area contributed by atoms with Gasteiger partial charge >= 0.3 is 0 Å². The fraction of sp³-hybridized carbons (Fsp3) is 0.462. The molecule has 2 amide bonds. The zero-order valence-electron chi connectivity index (χ0n) is 20.1. The van der Waals surface area contributed by atoms with Crippen molar-refractivity contribution in [2.45, 2.75) is 65.5 Å². The van der Waals surface area contributed by atoms with Gasteiger partial charge in [-0.3, -0.25) is 9.59 Å². The number of amides is 2. The van der Waals surface area contributed by atoms with Crippen LogP contribution in [0, 0.1) is 0 Å². The standard InChI is InChI=1S/C26H34BrClN2O3/c1-6-7-13-29-25(32)18(2)30(16-19-9-8-10-21(28)14-19)24(31)17-33-23-12-11-20(15-22(23)27)26(3,4)5/h8-12,14-15,18H,6-7,13,16-17H2,1-5H3,(H,29,32)/t18-/m0/s1. The van der Waals surface area contributed by atoms with Gasteiger partial charge in [0.1, 0.15) is 11.8 Å². The third-order valence-electron chi connectivity index (χ3n) is 5.39. The average Bonchev–Trinajstić information content (AvgIpc) is 2.75. The number of carbonyl (C=O) groups excluding carboxylic acids is 2. The molecule has 0 aliphatic heterocycles. The average molecular weight is 538 g/mol. The Morgan fingerprint density at radius 3 is 2.52 bits per heavy atom. The minimum absolute atomic E-state index is 0.00515. The van der Waals surface area contributed by atoms with Crippen LogP contribution in [0.2, 0.25) is 5.02 Å². The third-order valence-corrected chi connectivity index (χ3v) is 6.24. The lowest BCUT2D eigenvalue weighted by Crippen LogP contribution is -2.49. The summed E-state index contributed by atoms with van der Waals surface area (Å²) in [5, 5.41) is 3.49. The molecule has 2 rings (SSSR count). The number of halogens is 2. The van der Waals surface area contributed by atoms with Gasteiger partial charge in [-0.1, -0.05) is 63.9 Å². The minimum atomic E-state index is -0.649. The molecule has 0 aliphatic rings. The van der Waals surface area contributed by atoms with Crippen LogP contribution >= 0.6 is 27.5 Å². The SMILES string of the molecule is CCCCNC(=O)[C@H](C)N(Cc1cccc(Cl)c1)C(=O)COc1ccc(C(C)(C)C)cc1Br. The van der Waals surface area contributed by atoms with Crippen molar-refractivity contribution in [1.29, 1.82) is 0 Å². The predicted molar refractivity (Wildman–Crippen MR) is 138 cm³/mol. The van der Waals surface area contributed by atoms with Crippen molar-refractivity contribution in [3.05, 3.63) is 63.1 Å². The largest absolute Gasteiger partial charge is 0.483 e. The Hall–Kier alpha value is -2.05. The molecule has 0 bridgehead atoms. The minimum Gasteiger partial charge on any atom is -0.483 e. The smallest absolute Gasteiger partial charge is 0.261 e. The van der Waals surface area contributed by atoms with Gasteiger partial charge in [-0.2, -0.15) is 0 Å². The summed E-state index contributed by atoms with van der Waals surface area (Å²) in [6, 6.07) is 12.5. The van der Waals surface area contributed by atoms with Gasteiger partial charge in [0, 0.05) is 18.1 Å². The maximum absolute atomic E-state index is 13.2. The van der Waals surface area contributed by atoms with Crippen molar-refractivity contribution in [1.82, 2.24) is 10.2 Å². The molecule has 5 nitrogen and oxygen atoms in total. The Bertz CT molecular complexity index is 959. The molecular formula is C26H34BrClN2O3. The summed E-state index contributed by atoms with van der Waals surface area (Å²) in [5.74, 6) is 0.119. The summed E-state index contributed by atoms with van der Waals surface area (Å²) >= 11 is 9.67. The van der Waals surface area contributed by atoms with Crippen LogP contribution in [0.4, 0.5) is 0 Å². The number of ether oxygens (including phenoxy) is 1. The van der Waals surface area contributed by atoms with E-state index in [1.54, 1.807) is 19.1 Å². The summed E-state index contributed by atoms with van der Waals surface area (Å²) < 4.78 is 6.63. The van der Waals surface area contributed by atoms with Gasteiger partial charge in [-0.05, 0) is 70.1 Å². The molecule has 0 saturated heterocycles. The second kappa shape index (κ2) is 12.4. The monoisotopic (exact) mass is 536 g/mol. The van der Waals surface area contributed by atoms with Crippen molar-refractivity contribution >= 4 is 39.3 Å². The predicted octanol–water partition coefficient (Wildman–Crippen LogP) is 6.11. The highest BCUT2D eigenvalue weighted by atomic mass is 79.9. The molecule has 1 atom stereocenters. The van der Waals surface area contributed by atoms with Crippen LogP contribution in [-0.4, -0.2) is 35.9 Å². The van der Waals surface area contributed by atoms with E-state index in [9.17, 15) is 9.59 Å². The Morgan fingerprint density at radius 1 is 1.18 bits per heavy atom. The highest BCUT2D eigenvalue weighted by Gasteiger charge is 2.26. The van der Waals surface area contributed by atoms with Crippen LogP contribution in [0.15, 0.2) is 46.9 Å². The molecule has 0 aromatic heterocycles. The second-order valence-corrected chi connectivity index (χ2v) is 10.4. The third kappa shape index (κ3) is 8.35. The molecule has 0 spiro atoms. The fourth-order valence-electron chi connectivity index (χ4n) is 3.26. The fourth-order valence-corrected chi connectivity index (χ4v) is 3.96. The molecule has 0 heterocycles. The molecule has 1 N–H and O–H groups in total. The Kier molecular flexibility index (Phi) is 10.2. The van der Waals surface area contributed by atoms with Gasteiger partial charge in [-0.25, -0.2) is 0 Å². The van der Waals surface area contributed by atoms with Crippen LogP contribution in [0.3, 0.4) is 0 Å². The lowest BCUT2D eigenvalue weighted by Gasteiger charge is -2.29. The Morgan fingerprint density at radius 2 is 1.91 bits per heavy atom. The Labute approximate surface area is 211 Å². The van der Waals surface area contributed by atoms with E-state index < -0.39 is 6.04 Å². The zero-order valence-corrected chi connectivity index (χ0v) is 22.4. The van der Waals surface area contributed by atoms with E-state index in [4.69, 9.17) is 16.3 Å². The lowest BCUT2D eigenvalue weighted by molar-refractivity contribution is -0.142. The molecule has 0 aliphatic carbocycles. The number of benzene rings is 2. The number of hydrogen-bond acceptors (Lipinski definition) is 3. The summed E-state index contributed by atoms with van der Waals surface area (Å²) in [4.78, 5) is 27.4. The van der Waals surface area contributed by atoms with Gasteiger partial charge in [-0.15, -0.1) is 0 Å². The maximum Gasteiger partial charge on any atom is 0.261 e. The molecule has 0 fully saturated rings. The van der Waals surface area contributed by atoms with Crippen molar-refractivity contribution in [3.63, 3.8) is 0 Å². The summed E-state index contributed by atoms with van der Waals surface area (Å²) in [6.07, 6.45) is 1.87. The summed E-state index contributed by atoms with van der Waals surface area (Å²) in [5.41, 5.74) is 2.01. The zero-order chi connectivity index (χ0) is 24.6. The Balaban J connectivity index is 2.16. The normalized spacial score (nSPS) is 12.2. The van der Waals surface area contributed by atoms with Crippen molar-refractivity contribution < 1.29 is 14.3 Å². The van der Waals surface area contributed by atoms with Crippen LogP contribution in [0.1, 0.15) is 58.6 Å². The van der Waals surface area contributed by atoms with Crippen LogP contribution < -0.4 is 10.1 Å². The van der Waals surface area contributed by atoms with E-state index in [2.05, 4.69) is 48.9 Å². The molecule has 0 radical (unpaired) electrons. The van der Waals surface area contributed by atoms with Gasteiger partial charge < -0.3 is 15.0 Å². The first-order valence-corrected chi connectivity index (χ1v) is 12.4. The van der Waals surface area contributed by atoms with Crippen LogP contribution in [-0.2, 0) is 21.5 Å². The molecule has 0 saturated carbocycles. The first kappa shape index (κ1) is 27.2. The highest BCUT2D eigenvalue weighted by Crippen LogP contribution is 2.31. The number of hydrogen-bond donors (Lipinski definition) is 1. The molecule has 2 aromatic carbocycles. The molecule has 33 heavy (non-hydrogen) atoms. The number of carbonyl (C=O) groups is 2. The summed E-state index contributed by atoms with van der Waals surface area (Å²) in [6.45, 7) is 10.9. The maximum atomic E-state index is 13.2. The molecule has 2 aromatic rings. The van der Waals surface area contributed by atoms with Gasteiger partial charge in [0.05, 0.1) is 4.47 Å². The number of rotatable bonds is 10. The van der Waals surface area contributed by atoms with Gasteiger partial charge in [0.2, 0.25) is 5.91 Å². The van der Waals surface area contributed by atoms with Crippen LogP contribution in [0.5, 0.6) is 5.75 Å². The van der Waals surface area contributed by atoms with Gasteiger partial charge in [0.15, 0.2) is 6.61 Å². The molecular weight excluding hydrogens is 504 g/mol. The van der Waals surface area contributed by atoms with Crippen LogP contribution in [0.25, 0.3) is 0 Å². The first-order valence-electron chi connectivity index (χ1n) is 11.3. The van der Waals surface area contributed by atoms with E-state index in [0.717, 1.165) is 28.4 Å². The van der Waals surface area contributed by atoms with Crippen molar-refractivity contribution in [2.24, 2.45) is 0 Å². The molecule has 180 valence electrons. The van der Waals surface area contributed by atoms with E-state index >= 15 is 0 Å². The molecule has 0 unspecified atom stereocenters. The number of nitrogens with one attached hydrogen (secondary N) is 1. The molecule has 7 heteroatoms.